The summed E-state index contributed by atoms with van der Waals surface area (Å²) in [6.45, 7) is 4.63. The van der Waals surface area contributed by atoms with Crippen LogP contribution in [-0.4, -0.2) is 25.5 Å². The van der Waals surface area contributed by atoms with Crippen molar-refractivity contribution in [1.29, 1.82) is 0 Å². The minimum absolute atomic E-state index is 0.182. The van der Waals surface area contributed by atoms with E-state index in [1.165, 1.54) is 7.11 Å². The van der Waals surface area contributed by atoms with E-state index < -0.39 is 11.4 Å². The lowest BCUT2D eigenvalue weighted by atomic mass is 10.1. The lowest BCUT2D eigenvalue weighted by molar-refractivity contribution is -0.152. The molecule has 0 heterocycles. The van der Waals surface area contributed by atoms with Crippen LogP contribution in [0.15, 0.2) is 0 Å². The van der Waals surface area contributed by atoms with E-state index in [0.29, 0.717) is 25.3 Å². The van der Waals surface area contributed by atoms with Crippen LogP contribution in [0.3, 0.4) is 0 Å². The minimum Gasteiger partial charge on any atom is -0.468 e. The summed E-state index contributed by atoms with van der Waals surface area (Å²) >= 11 is 0. The van der Waals surface area contributed by atoms with E-state index in [9.17, 15) is 9.59 Å². The molecule has 0 bridgehead atoms. The molecule has 0 saturated heterocycles. The Kier molecular flexibility index (Phi) is 3.13. The summed E-state index contributed by atoms with van der Waals surface area (Å²) in [6.07, 6.45) is 1.23. The van der Waals surface area contributed by atoms with Crippen LogP contribution in [0.1, 0.15) is 26.7 Å². The second-order valence-corrected chi connectivity index (χ2v) is 4.18. The summed E-state index contributed by atoms with van der Waals surface area (Å²) in [6, 6.07) is 0. The number of rotatable bonds is 4. The zero-order valence-corrected chi connectivity index (χ0v) is 8.92. The standard InChI is InChI=1S/C10H17NO3/c1-7(2)6-11-8(12)10(4-5-10)9(13)14-3/h7H,4-6H2,1-3H3,(H,11,12). The quantitative estimate of drug-likeness (QED) is 0.536. The zero-order valence-electron chi connectivity index (χ0n) is 8.92. The van der Waals surface area contributed by atoms with Gasteiger partial charge in [-0.25, -0.2) is 0 Å². The van der Waals surface area contributed by atoms with E-state index in [4.69, 9.17) is 0 Å². The normalized spacial score (nSPS) is 17.7. The smallest absolute Gasteiger partial charge is 0.321 e. The molecular weight excluding hydrogens is 182 g/mol. The molecule has 0 atom stereocenters. The summed E-state index contributed by atoms with van der Waals surface area (Å²) in [5, 5.41) is 2.76. The molecule has 0 aromatic carbocycles. The van der Waals surface area contributed by atoms with Gasteiger partial charge in [-0.2, -0.15) is 0 Å². The predicted octanol–water partition coefficient (Wildman–Crippen LogP) is 0.712. The Hall–Kier alpha value is -1.06. The molecule has 4 nitrogen and oxygen atoms in total. The van der Waals surface area contributed by atoms with Crippen molar-refractivity contribution in [3.63, 3.8) is 0 Å². The highest BCUT2D eigenvalue weighted by molar-refractivity contribution is 6.05. The molecule has 1 fully saturated rings. The van der Waals surface area contributed by atoms with Crippen molar-refractivity contribution < 1.29 is 14.3 Å². The van der Waals surface area contributed by atoms with Crippen LogP contribution >= 0.6 is 0 Å². The van der Waals surface area contributed by atoms with Gasteiger partial charge in [0, 0.05) is 6.54 Å². The third-order valence-corrected chi connectivity index (χ3v) is 2.43. The average Bonchev–Trinajstić information content (AvgIpc) is 2.93. The van der Waals surface area contributed by atoms with E-state index in [1.807, 2.05) is 13.8 Å². The fourth-order valence-electron chi connectivity index (χ4n) is 1.31. The van der Waals surface area contributed by atoms with E-state index >= 15 is 0 Å². The summed E-state index contributed by atoms with van der Waals surface area (Å²) < 4.78 is 4.61. The highest BCUT2D eigenvalue weighted by Crippen LogP contribution is 2.46. The van der Waals surface area contributed by atoms with Gasteiger partial charge in [0.1, 0.15) is 5.41 Å². The van der Waals surface area contributed by atoms with Gasteiger partial charge in [0.2, 0.25) is 5.91 Å². The third kappa shape index (κ3) is 2.05. The summed E-state index contributed by atoms with van der Waals surface area (Å²) in [4.78, 5) is 22.9. The molecule has 1 aliphatic rings. The first kappa shape index (κ1) is 11.0. The average molecular weight is 199 g/mol. The lowest BCUT2D eigenvalue weighted by Crippen LogP contribution is -2.39. The number of hydrogen-bond donors (Lipinski definition) is 1. The van der Waals surface area contributed by atoms with E-state index in [2.05, 4.69) is 10.1 Å². The third-order valence-electron chi connectivity index (χ3n) is 2.43. The maximum atomic E-state index is 11.6. The molecule has 1 rings (SSSR count). The van der Waals surface area contributed by atoms with Gasteiger partial charge in [-0.1, -0.05) is 13.8 Å². The topological polar surface area (TPSA) is 55.4 Å². The van der Waals surface area contributed by atoms with E-state index in [0.717, 1.165) is 0 Å². The van der Waals surface area contributed by atoms with Crippen LogP contribution in [0.4, 0.5) is 0 Å². The molecule has 0 aromatic heterocycles. The van der Waals surface area contributed by atoms with Crippen molar-refractivity contribution in [3.05, 3.63) is 0 Å². The molecule has 14 heavy (non-hydrogen) atoms. The zero-order chi connectivity index (χ0) is 10.8. The fourth-order valence-corrected chi connectivity index (χ4v) is 1.31. The van der Waals surface area contributed by atoms with Crippen LogP contribution in [0.5, 0.6) is 0 Å². The van der Waals surface area contributed by atoms with Crippen LogP contribution in [0.2, 0.25) is 0 Å². The van der Waals surface area contributed by atoms with Gasteiger partial charge in [-0.3, -0.25) is 9.59 Å². The van der Waals surface area contributed by atoms with E-state index in [-0.39, 0.29) is 5.91 Å². The highest BCUT2D eigenvalue weighted by Gasteiger charge is 2.57. The molecule has 0 spiro atoms. The fraction of sp³-hybridized carbons (Fsp3) is 0.800. The van der Waals surface area contributed by atoms with Gasteiger partial charge in [0.15, 0.2) is 0 Å². The SMILES string of the molecule is COC(=O)C1(C(=O)NCC(C)C)CC1. The Morgan fingerprint density at radius 3 is 2.36 bits per heavy atom. The van der Waals surface area contributed by atoms with Gasteiger partial charge in [-0.05, 0) is 18.8 Å². The molecule has 0 aliphatic heterocycles. The molecule has 1 amide bonds. The van der Waals surface area contributed by atoms with Gasteiger partial charge in [-0.15, -0.1) is 0 Å². The number of hydrogen-bond acceptors (Lipinski definition) is 3. The second kappa shape index (κ2) is 3.98. The Labute approximate surface area is 84.0 Å². The number of ether oxygens (including phenoxy) is 1. The van der Waals surface area contributed by atoms with E-state index in [1.54, 1.807) is 0 Å². The number of carbonyl (C=O) groups is 2. The maximum Gasteiger partial charge on any atom is 0.321 e. The Morgan fingerprint density at radius 1 is 1.43 bits per heavy atom. The number of amides is 1. The summed E-state index contributed by atoms with van der Waals surface area (Å²) in [5.41, 5.74) is -0.857. The first-order chi connectivity index (χ1) is 6.53. The predicted molar refractivity (Wildman–Crippen MR) is 51.5 cm³/mol. The summed E-state index contributed by atoms with van der Waals surface area (Å²) in [5.74, 6) is -0.191. The highest BCUT2D eigenvalue weighted by atomic mass is 16.5. The molecule has 0 aromatic rings. The minimum atomic E-state index is -0.857. The Morgan fingerprint density at radius 2 is 2.00 bits per heavy atom. The molecule has 1 saturated carbocycles. The number of nitrogens with one attached hydrogen (secondary N) is 1. The van der Waals surface area contributed by atoms with Crippen LogP contribution in [0.25, 0.3) is 0 Å². The largest absolute Gasteiger partial charge is 0.468 e. The number of carbonyl (C=O) groups excluding carboxylic acids is 2. The monoisotopic (exact) mass is 199 g/mol. The van der Waals surface area contributed by atoms with Gasteiger partial charge >= 0.3 is 5.97 Å². The molecular formula is C10H17NO3. The Balaban J connectivity index is 2.48. The molecule has 80 valence electrons. The van der Waals surface area contributed by atoms with Gasteiger partial charge < -0.3 is 10.1 Å². The van der Waals surface area contributed by atoms with Crippen molar-refractivity contribution in [2.24, 2.45) is 11.3 Å². The molecule has 1 N–H and O–H groups in total. The lowest BCUT2D eigenvalue weighted by Gasteiger charge is -2.13. The molecule has 0 radical (unpaired) electrons. The van der Waals surface area contributed by atoms with Crippen molar-refractivity contribution in [3.8, 4) is 0 Å². The van der Waals surface area contributed by atoms with Crippen LogP contribution in [-0.2, 0) is 14.3 Å². The molecule has 1 aliphatic carbocycles. The van der Waals surface area contributed by atoms with Gasteiger partial charge in [0.05, 0.1) is 7.11 Å². The van der Waals surface area contributed by atoms with Crippen molar-refractivity contribution in [1.82, 2.24) is 5.32 Å². The summed E-state index contributed by atoms with van der Waals surface area (Å²) in [7, 11) is 1.32. The van der Waals surface area contributed by atoms with Crippen LogP contribution in [0, 0.1) is 11.3 Å². The van der Waals surface area contributed by atoms with Crippen molar-refractivity contribution in [2.45, 2.75) is 26.7 Å². The second-order valence-electron chi connectivity index (χ2n) is 4.18. The van der Waals surface area contributed by atoms with Crippen LogP contribution < -0.4 is 5.32 Å². The van der Waals surface area contributed by atoms with Crippen molar-refractivity contribution >= 4 is 11.9 Å². The number of methoxy groups -OCH3 is 1. The number of esters is 1. The van der Waals surface area contributed by atoms with Crippen molar-refractivity contribution in [2.75, 3.05) is 13.7 Å². The first-order valence-corrected chi connectivity index (χ1v) is 4.89. The molecule has 0 unspecified atom stereocenters. The Bertz CT molecular complexity index is 244. The van der Waals surface area contributed by atoms with Gasteiger partial charge in [0.25, 0.3) is 0 Å². The first-order valence-electron chi connectivity index (χ1n) is 4.89. The molecule has 4 heteroatoms. The maximum absolute atomic E-state index is 11.6.